The van der Waals surface area contributed by atoms with Crippen LogP contribution in [0.3, 0.4) is 0 Å². The van der Waals surface area contributed by atoms with Crippen LogP contribution in [0.1, 0.15) is 52.9 Å². The number of carbonyl (C=O) groups is 1. The van der Waals surface area contributed by atoms with Gasteiger partial charge in [-0.3, -0.25) is 0 Å². The molecule has 0 saturated heterocycles. The normalized spacial score (nSPS) is 12.2. The van der Waals surface area contributed by atoms with Crippen LogP contribution in [-0.2, 0) is 9.53 Å². The molecule has 1 unspecified atom stereocenters. The monoisotopic (exact) mass is 212 g/mol. The predicted octanol–water partition coefficient (Wildman–Crippen LogP) is 3.71. The molecule has 2 heteroatoms. The van der Waals surface area contributed by atoms with Crippen molar-refractivity contribution in [1.29, 1.82) is 0 Å². The topological polar surface area (TPSA) is 26.3 Å². The number of unbranched alkanes of at least 4 members (excludes halogenated alkanes) is 2. The highest BCUT2D eigenvalue weighted by molar-refractivity contribution is 5.87. The molecule has 0 aromatic rings. The number of hydrogen-bond donors (Lipinski definition) is 0. The molecule has 0 rings (SSSR count). The Hall–Kier alpha value is -0.790. The fraction of sp³-hybridized carbons (Fsp3) is 0.769. The molecule has 88 valence electrons. The van der Waals surface area contributed by atoms with Gasteiger partial charge in [-0.25, -0.2) is 4.79 Å². The number of ether oxygens (including phenoxy) is 1. The quantitative estimate of drug-likeness (QED) is 0.348. The molecule has 0 aliphatic rings. The zero-order chi connectivity index (χ0) is 11.7. The van der Waals surface area contributed by atoms with Gasteiger partial charge in [0.25, 0.3) is 0 Å². The van der Waals surface area contributed by atoms with Crippen LogP contribution in [0.5, 0.6) is 0 Å². The summed E-state index contributed by atoms with van der Waals surface area (Å²) in [7, 11) is 0. The molecule has 0 N–H and O–H groups in total. The van der Waals surface area contributed by atoms with Crippen molar-refractivity contribution in [3.8, 4) is 0 Å². The van der Waals surface area contributed by atoms with Gasteiger partial charge in [0.2, 0.25) is 0 Å². The van der Waals surface area contributed by atoms with Crippen molar-refractivity contribution in [2.45, 2.75) is 52.9 Å². The van der Waals surface area contributed by atoms with Crippen molar-refractivity contribution < 1.29 is 9.53 Å². The molecule has 0 aromatic heterocycles. The largest absolute Gasteiger partial charge is 0.462 e. The number of rotatable bonds is 8. The van der Waals surface area contributed by atoms with E-state index in [1.165, 1.54) is 19.3 Å². The lowest BCUT2D eigenvalue weighted by atomic mass is 10.0. The third-order valence-corrected chi connectivity index (χ3v) is 2.51. The summed E-state index contributed by atoms with van der Waals surface area (Å²) in [6, 6.07) is 0. The van der Waals surface area contributed by atoms with Crippen LogP contribution < -0.4 is 0 Å². The lowest BCUT2D eigenvalue weighted by Crippen LogP contribution is -2.13. The maximum atomic E-state index is 11.3. The molecule has 0 fully saturated rings. The summed E-state index contributed by atoms with van der Waals surface area (Å²) >= 11 is 0. The summed E-state index contributed by atoms with van der Waals surface area (Å²) < 4.78 is 5.15. The Balaban J connectivity index is 3.57. The number of hydrogen-bond acceptors (Lipinski definition) is 2. The zero-order valence-electron chi connectivity index (χ0n) is 10.3. The summed E-state index contributed by atoms with van der Waals surface area (Å²) in [5.74, 6) is 0.227. The van der Waals surface area contributed by atoms with Crippen LogP contribution >= 0.6 is 0 Å². The van der Waals surface area contributed by atoms with Gasteiger partial charge in [0, 0.05) is 5.57 Å². The minimum atomic E-state index is -0.236. The van der Waals surface area contributed by atoms with E-state index in [0.717, 1.165) is 6.42 Å². The van der Waals surface area contributed by atoms with E-state index in [1.54, 1.807) is 0 Å². The standard InChI is InChI=1S/C13H24O2/c1-5-7-8-9-11(3)10-15-13(14)12(4)6-2/h11H,4-10H2,1-3H3. The van der Waals surface area contributed by atoms with Crippen LogP contribution in [0.4, 0.5) is 0 Å². The molecule has 0 amide bonds. The SMILES string of the molecule is C=C(CC)C(=O)OCC(C)CCCCC. The highest BCUT2D eigenvalue weighted by Crippen LogP contribution is 2.10. The average Bonchev–Trinajstić information content (AvgIpc) is 2.25. The van der Waals surface area contributed by atoms with E-state index in [-0.39, 0.29) is 5.97 Å². The Morgan fingerprint density at radius 2 is 2.00 bits per heavy atom. The molecule has 2 nitrogen and oxygen atoms in total. The third-order valence-electron chi connectivity index (χ3n) is 2.51. The smallest absolute Gasteiger partial charge is 0.333 e. The summed E-state index contributed by atoms with van der Waals surface area (Å²) in [6.07, 6.45) is 5.53. The van der Waals surface area contributed by atoms with Crippen molar-refractivity contribution in [1.82, 2.24) is 0 Å². The Morgan fingerprint density at radius 1 is 1.33 bits per heavy atom. The van der Waals surface area contributed by atoms with Gasteiger partial charge in [-0.2, -0.15) is 0 Å². The summed E-state index contributed by atoms with van der Waals surface area (Å²) in [5.41, 5.74) is 0.566. The molecule has 0 bridgehead atoms. The second-order valence-electron chi connectivity index (χ2n) is 4.16. The van der Waals surface area contributed by atoms with Crippen LogP contribution in [0.25, 0.3) is 0 Å². The summed E-state index contributed by atoms with van der Waals surface area (Å²) in [5, 5.41) is 0. The first-order chi connectivity index (χ1) is 7.11. The van der Waals surface area contributed by atoms with E-state index in [2.05, 4.69) is 20.4 Å². The molecular weight excluding hydrogens is 188 g/mol. The van der Waals surface area contributed by atoms with Gasteiger partial charge in [-0.1, -0.05) is 46.6 Å². The molecule has 1 atom stereocenters. The van der Waals surface area contributed by atoms with Gasteiger partial charge in [0.15, 0.2) is 0 Å². The van der Waals surface area contributed by atoms with E-state index in [4.69, 9.17) is 4.74 Å². The predicted molar refractivity (Wildman–Crippen MR) is 63.7 cm³/mol. The fourth-order valence-electron chi connectivity index (χ4n) is 1.29. The van der Waals surface area contributed by atoms with Crippen LogP contribution in [0.2, 0.25) is 0 Å². The highest BCUT2D eigenvalue weighted by atomic mass is 16.5. The molecule has 0 aliphatic heterocycles. The van der Waals surface area contributed by atoms with Crippen LogP contribution in [0.15, 0.2) is 12.2 Å². The van der Waals surface area contributed by atoms with Gasteiger partial charge in [-0.15, -0.1) is 0 Å². The van der Waals surface area contributed by atoms with Crippen LogP contribution in [-0.4, -0.2) is 12.6 Å². The molecule has 0 aliphatic carbocycles. The van der Waals surface area contributed by atoms with Gasteiger partial charge in [-0.05, 0) is 18.8 Å². The van der Waals surface area contributed by atoms with Crippen molar-refractivity contribution >= 4 is 5.97 Å². The Kier molecular flexibility index (Phi) is 8.06. The Labute approximate surface area is 93.7 Å². The van der Waals surface area contributed by atoms with E-state index >= 15 is 0 Å². The van der Waals surface area contributed by atoms with E-state index in [1.807, 2.05) is 6.92 Å². The van der Waals surface area contributed by atoms with Crippen molar-refractivity contribution in [2.24, 2.45) is 5.92 Å². The molecule has 0 saturated carbocycles. The Bertz CT molecular complexity index is 197. The number of carbonyl (C=O) groups excluding carboxylic acids is 1. The van der Waals surface area contributed by atoms with E-state index in [0.29, 0.717) is 24.5 Å². The van der Waals surface area contributed by atoms with Gasteiger partial charge in [0.1, 0.15) is 0 Å². The highest BCUT2D eigenvalue weighted by Gasteiger charge is 2.09. The first-order valence-electron chi connectivity index (χ1n) is 5.96. The molecule has 0 aromatic carbocycles. The van der Waals surface area contributed by atoms with Gasteiger partial charge in [0.05, 0.1) is 6.61 Å². The second-order valence-corrected chi connectivity index (χ2v) is 4.16. The first-order valence-corrected chi connectivity index (χ1v) is 5.96. The second kappa shape index (κ2) is 8.51. The molecule has 0 heterocycles. The lowest BCUT2D eigenvalue weighted by Gasteiger charge is -2.12. The molecule has 0 radical (unpaired) electrons. The minimum Gasteiger partial charge on any atom is -0.462 e. The number of esters is 1. The van der Waals surface area contributed by atoms with E-state index < -0.39 is 0 Å². The summed E-state index contributed by atoms with van der Waals surface area (Å²) in [4.78, 5) is 11.3. The van der Waals surface area contributed by atoms with Gasteiger partial charge < -0.3 is 4.74 Å². The van der Waals surface area contributed by atoms with Crippen molar-refractivity contribution in [3.05, 3.63) is 12.2 Å². The average molecular weight is 212 g/mol. The third kappa shape index (κ3) is 7.18. The molecular formula is C13H24O2. The van der Waals surface area contributed by atoms with Crippen molar-refractivity contribution in [3.63, 3.8) is 0 Å². The molecule has 15 heavy (non-hydrogen) atoms. The van der Waals surface area contributed by atoms with Gasteiger partial charge >= 0.3 is 5.97 Å². The van der Waals surface area contributed by atoms with Crippen LogP contribution in [0, 0.1) is 5.92 Å². The Morgan fingerprint density at radius 3 is 2.53 bits per heavy atom. The zero-order valence-corrected chi connectivity index (χ0v) is 10.3. The van der Waals surface area contributed by atoms with Crippen molar-refractivity contribution in [2.75, 3.05) is 6.61 Å². The first kappa shape index (κ1) is 14.2. The maximum absolute atomic E-state index is 11.3. The minimum absolute atomic E-state index is 0.236. The summed E-state index contributed by atoms with van der Waals surface area (Å²) in [6.45, 7) is 10.4. The fourth-order valence-corrected chi connectivity index (χ4v) is 1.29. The lowest BCUT2D eigenvalue weighted by molar-refractivity contribution is -0.140. The molecule has 0 spiro atoms. The maximum Gasteiger partial charge on any atom is 0.333 e. The van der Waals surface area contributed by atoms with E-state index in [9.17, 15) is 4.79 Å².